The topological polar surface area (TPSA) is 102 Å². The number of anilines is 2. The maximum Gasteiger partial charge on any atom is 0.222 e. The fourth-order valence-corrected chi connectivity index (χ4v) is 2.59. The minimum atomic E-state index is 0.0548. The molecule has 118 valence electrons. The van der Waals surface area contributed by atoms with E-state index in [0.717, 1.165) is 23.1 Å². The summed E-state index contributed by atoms with van der Waals surface area (Å²) in [5, 5.41) is 9.34. The second kappa shape index (κ2) is 6.39. The number of benzene rings is 2. The van der Waals surface area contributed by atoms with E-state index in [-0.39, 0.29) is 17.3 Å². The number of nitrogens with zero attached hydrogens (tertiary/aromatic N) is 3. The van der Waals surface area contributed by atoms with Crippen LogP contribution in [0.15, 0.2) is 48.5 Å². The smallest absolute Gasteiger partial charge is 0.222 e. The fourth-order valence-electron chi connectivity index (χ4n) is 2.59. The molecule has 0 fully saturated rings. The maximum absolute atomic E-state index is 9.34. The molecule has 0 aliphatic heterocycles. The number of hydrogen-bond acceptors (Lipinski definition) is 5. The zero-order valence-electron chi connectivity index (χ0n) is 13.3. The standard InChI is InChI=1S/C19H17N5/c1-2-12-6-8-13(9-7-12)14-4-3-5-15(10-14)17-16(11-20)18(21)24-19(22)23-17/h3-10H,2H2,1H3,(H4,21,22,23,24). The van der Waals surface area contributed by atoms with Gasteiger partial charge in [0.25, 0.3) is 0 Å². The zero-order chi connectivity index (χ0) is 17.1. The Hall–Kier alpha value is -3.39. The van der Waals surface area contributed by atoms with Crippen molar-refractivity contribution in [3.63, 3.8) is 0 Å². The Bertz CT molecular complexity index is 923. The van der Waals surface area contributed by atoms with Gasteiger partial charge < -0.3 is 11.5 Å². The molecule has 5 heteroatoms. The molecule has 0 atom stereocenters. The minimum Gasteiger partial charge on any atom is -0.382 e. The highest BCUT2D eigenvalue weighted by Crippen LogP contribution is 2.29. The lowest BCUT2D eigenvalue weighted by Gasteiger charge is -2.09. The largest absolute Gasteiger partial charge is 0.382 e. The van der Waals surface area contributed by atoms with Gasteiger partial charge in [0, 0.05) is 5.56 Å². The average molecular weight is 315 g/mol. The van der Waals surface area contributed by atoms with E-state index in [9.17, 15) is 5.26 Å². The molecule has 4 N–H and O–H groups in total. The Morgan fingerprint density at radius 2 is 1.67 bits per heavy atom. The number of nitrogens with two attached hydrogens (primary N) is 2. The van der Waals surface area contributed by atoms with Gasteiger partial charge in [-0.1, -0.05) is 49.4 Å². The van der Waals surface area contributed by atoms with Crippen molar-refractivity contribution in [3.8, 4) is 28.5 Å². The van der Waals surface area contributed by atoms with Crippen LogP contribution in [-0.4, -0.2) is 9.97 Å². The van der Waals surface area contributed by atoms with E-state index in [1.807, 2.05) is 24.3 Å². The highest BCUT2D eigenvalue weighted by atomic mass is 15.0. The SMILES string of the molecule is CCc1ccc(-c2cccc(-c3nc(N)nc(N)c3C#N)c2)cc1. The number of aromatic nitrogens is 2. The van der Waals surface area contributed by atoms with Crippen LogP contribution in [-0.2, 0) is 6.42 Å². The second-order valence-corrected chi connectivity index (χ2v) is 5.43. The third-order valence-corrected chi connectivity index (χ3v) is 3.90. The molecule has 0 unspecified atom stereocenters. The molecule has 5 nitrogen and oxygen atoms in total. The van der Waals surface area contributed by atoms with Crippen LogP contribution in [0.4, 0.5) is 11.8 Å². The van der Waals surface area contributed by atoms with Crippen LogP contribution in [0.5, 0.6) is 0 Å². The van der Waals surface area contributed by atoms with E-state index in [1.165, 1.54) is 5.56 Å². The predicted octanol–water partition coefficient (Wildman–Crippen LogP) is 3.41. The van der Waals surface area contributed by atoms with E-state index in [0.29, 0.717) is 5.69 Å². The van der Waals surface area contributed by atoms with Gasteiger partial charge in [-0.05, 0) is 29.2 Å². The monoisotopic (exact) mass is 315 g/mol. The Morgan fingerprint density at radius 1 is 0.958 bits per heavy atom. The first kappa shape index (κ1) is 15.5. The molecule has 2 aromatic carbocycles. The van der Waals surface area contributed by atoms with E-state index in [1.54, 1.807) is 0 Å². The molecule has 0 radical (unpaired) electrons. The van der Waals surface area contributed by atoms with Gasteiger partial charge >= 0.3 is 0 Å². The van der Waals surface area contributed by atoms with Crippen molar-refractivity contribution in [2.24, 2.45) is 0 Å². The molecule has 0 spiro atoms. The van der Waals surface area contributed by atoms with Gasteiger partial charge in [-0.25, -0.2) is 4.98 Å². The number of aryl methyl sites for hydroxylation is 1. The van der Waals surface area contributed by atoms with Crippen molar-refractivity contribution in [2.75, 3.05) is 11.5 Å². The third kappa shape index (κ3) is 2.90. The second-order valence-electron chi connectivity index (χ2n) is 5.43. The van der Waals surface area contributed by atoms with Gasteiger partial charge in [0.2, 0.25) is 5.95 Å². The summed E-state index contributed by atoms with van der Waals surface area (Å²) in [5.74, 6) is 0.150. The summed E-state index contributed by atoms with van der Waals surface area (Å²) in [7, 11) is 0. The molecule has 0 bridgehead atoms. The van der Waals surface area contributed by atoms with Gasteiger partial charge in [-0.3, -0.25) is 0 Å². The number of rotatable bonds is 3. The molecule has 3 rings (SSSR count). The maximum atomic E-state index is 9.34. The average Bonchev–Trinajstić information content (AvgIpc) is 2.61. The normalized spacial score (nSPS) is 10.3. The Morgan fingerprint density at radius 3 is 2.33 bits per heavy atom. The predicted molar refractivity (Wildman–Crippen MR) is 95.8 cm³/mol. The zero-order valence-corrected chi connectivity index (χ0v) is 13.3. The van der Waals surface area contributed by atoms with Crippen LogP contribution in [0, 0.1) is 11.3 Å². The highest BCUT2D eigenvalue weighted by Gasteiger charge is 2.13. The van der Waals surface area contributed by atoms with Crippen LogP contribution < -0.4 is 11.5 Å². The Labute approximate surface area is 140 Å². The molecule has 0 aliphatic carbocycles. The van der Waals surface area contributed by atoms with Crippen LogP contribution in [0.25, 0.3) is 22.4 Å². The summed E-state index contributed by atoms with van der Waals surface area (Å²) in [6, 6.07) is 18.3. The van der Waals surface area contributed by atoms with Crippen molar-refractivity contribution >= 4 is 11.8 Å². The van der Waals surface area contributed by atoms with Crippen LogP contribution in [0.1, 0.15) is 18.1 Å². The van der Waals surface area contributed by atoms with E-state index < -0.39 is 0 Å². The molecule has 0 saturated carbocycles. The van der Waals surface area contributed by atoms with Gasteiger partial charge in [-0.2, -0.15) is 10.2 Å². The minimum absolute atomic E-state index is 0.0548. The summed E-state index contributed by atoms with van der Waals surface area (Å²) >= 11 is 0. The Kier molecular flexibility index (Phi) is 4.13. The van der Waals surface area contributed by atoms with Crippen molar-refractivity contribution in [3.05, 3.63) is 59.7 Å². The summed E-state index contributed by atoms with van der Waals surface area (Å²) in [6.07, 6.45) is 1.01. The first-order valence-electron chi connectivity index (χ1n) is 7.65. The lowest BCUT2D eigenvalue weighted by Crippen LogP contribution is -2.04. The molecule has 0 aliphatic rings. The molecule has 0 amide bonds. The molecule has 0 saturated heterocycles. The lowest BCUT2D eigenvalue weighted by molar-refractivity contribution is 1.14. The van der Waals surface area contributed by atoms with Gasteiger partial charge in [-0.15, -0.1) is 0 Å². The molecular formula is C19H17N5. The summed E-state index contributed by atoms with van der Waals surface area (Å²) in [4.78, 5) is 8.05. The Balaban J connectivity index is 2.10. The number of hydrogen-bond donors (Lipinski definition) is 2. The summed E-state index contributed by atoms with van der Waals surface area (Å²) < 4.78 is 0. The van der Waals surface area contributed by atoms with Crippen molar-refractivity contribution < 1.29 is 0 Å². The lowest BCUT2D eigenvalue weighted by atomic mass is 9.99. The first-order valence-corrected chi connectivity index (χ1v) is 7.65. The van der Waals surface area contributed by atoms with Gasteiger partial charge in [0.05, 0.1) is 5.69 Å². The molecule has 1 aromatic heterocycles. The molecule has 1 heterocycles. The third-order valence-electron chi connectivity index (χ3n) is 3.90. The summed E-state index contributed by atoms with van der Waals surface area (Å²) in [5.41, 5.74) is 16.4. The number of nitriles is 1. The van der Waals surface area contributed by atoms with Gasteiger partial charge in [0.15, 0.2) is 0 Å². The first-order chi connectivity index (χ1) is 11.6. The van der Waals surface area contributed by atoms with Crippen molar-refractivity contribution in [1.29, 1.82) is 5.26 Å². The van der Waals surface area contributed by atoms with E-state index in [2.05, 4.69) is 47.2 Å². The molecular weight excluding hydrogens is 298 g/mol. The highest BCUT2D eigenvalue weighted by molar-refractivity contribution is 5.77. The van der Waals surface area contributed by atoms with Crippen LogP contribution in [0.2, 0.25) is 0 Å². The fraction of sp³-hybridized carbons (Fsp3) is 0.105. The van der Waals surface area contributed by atoms with Crippen LogP contribution in [0.3, 0.4) is 0 Å². The molecule has 3 aromatic rings. The number of nitrogen functional groups attached to an aromatic ring is 2. The summed E-state index contributed by atoms with van der Waals surface area (Å²) in [6.45, 7) is 2.13. The van der Waals surface area contributed by atoms with Gasteiger partial charge in [0.1, 0.15) is 17.5 Å². The van der Waals surface area contributed by atoms with Crippen LogP contribution >= 0.6 is 0 Å². The quantitative estimate of drug-likeness (QED) is 0.771. The van der Waals surface area contributed by atoms with E-state index >= 15 is 0 Å². The van der Waals surface area contributed by atoms with E-state index in [4.69, 9.17) is 11.5 Å². The molecule has 24 heavy (non-hydrogen) atoms. The van der Waals surface area contributed by atoms with Crippen molar-refractivity contribution in [2.45, 2.75) is 13.3 Å². The van der Waals surface area contributed by atoms with Crippen molar-refractivity contribution in [1.82, 2.24) is 9.97 Å².